The Labute approximate surface area is 191 Å². The van der Waals surface area contributed by atoms with E-state index in [-0.39, 0.29) is 23.9 Å². The van der Waals surface area contributed by atoms with Gasteiger partial charge >= 0.3 is 0 Å². The highest BCUT2D eigenvalue weighted by atomic mass is 19.1. The third kappa shape index (κ3) is 4.60. The first-order valence-corrected chi connectivity index (χ1v) is 10.4. The Morgan fingerprint density at radius 3 is 2.61 bits per heavy atom. The fourth-order valence-corrected chi connectivity index (χ4v) is 4.00. The first kappa shape index (κ1) is 22.1. The summed E-state index contributed by atoms with van der Waals surface area (Å²) in [6.07, 6.45) is 2.04. The number of anilines is 1. The molecule has 33 heavy (non-hydrogen) atoms. The van der Waals surface area contributed by atoms with Crippen LogP contribution in [0.1, 0.15) is 30.0 Å². The molecule has 0 heterocycles. The van der Waals surface area contributed by atoms with Crippen LogP contribution in [0.5, 0.6) is 17.2 Å². The van der Waals surface area contributed by atoms with Gasteiger partial charge in [0.05, 0.1) is 20.6 Å². The van der Waals surface area contributed by atoms with Crippen molar-refractivity contribution in [3.8, 4) is 17.2 Å². The molecule has 0 atom stereocenters. The van der Waals surface area contributed by atoms with Gasteiger partial charge in [-0.3, -0.25) is 4.79 Å². The average molecular weight is 445 g/mol. The fraction of sp³-hybridized carbons (Fsp3) is 0.148. The van der Waals surface area contributed by atoms with Crippen LogP contribution in [0.2, 0.25) is 0 Å². The van der Waals surface area contributed by atoms with Crippen LogP contribution in [-0.2, 0) is 4.79 Å². The molecule has 3 aromatic rings. The van der Waals surface area contributed by atoms with Gasteiger partial charge in [0, 0.05) is 11.8 Å². The minimum atomic E-state index is -0.361. The number of allylic oxidation sites excluding steroid dienone is 2. The number of hydrogen-bond acceptors (Lipinski definition) is 4. The maximum absolute atomic E-state index is 14.1. The molecule has 0 fully saturated rings. The van der Waals surface area contributed by atoms with Gasteiger partial charge in [0.15, 0.2) is 11.5 Å². The molecule has 0 saturated heterocycles. The molecule has 0 aromatic heterocycles. The third-order valence-electron chi connectivity index (χ3n) is 5.66. The molecule has 0 spiro atoms. The molecular weight excluding hydrogens is 421 g/mol. The molecular formula is C27H24FNO4. The number of carbonyl (C=O) groups excluding carboxylic acids is 1. The molecule has 1 aliphatic rings. The highest BCUT2D eigenvalue weighted by Gasteiger charge is 2.26. The van der Waals surface area contributed by atoms with Gasteiger partial charge in [0.1, 0.15) is 11.6 Å². The number of carbonyl (C=O) groups is 1. The Balaban J connectivity index is 1.69. The first-order valence-electron chi connectivity index (χ1n) is 10.4. The van der Waals surface area contributed by atoms with E-state index in [0.29, 0.717) is 22.7 Å². The highest BCUT2D eigenvalue weighted by Crippen LogP contribution is 2.44. The van der Waals surface area contributed by atoms with Crippen LogP contribution in [0.3, 0.4) is 0 Å². The molecule has 1 aliphatic carbocycles. The molecule has 2 N–H and O–H groups in total. The maximum atomic E-state index is 14.1. The number of hydrogen-bond donors (Lipinski definition) is 2. The van der Waals surface area contributed by atoms with Crippen molar-refractivity contribution >= 4 is 28.8 Å². The van der Waals surface area contributed by atoms with E-state index in [1.54, 1.807) is 55.6 Å². The van der Waals surface area contributed by atoms with Crippen molar-refractivity contribution in [2.75, 3.05) is 19.5 Å². The first-order chi connectivity index (χ1) is 15.9. The summed E-state index contributed by atoms with van der Waals surface area (Å²) in [5, 5.41) is 12.8. The van der Waals surface area contributed by atoms with Crippen molar-refractivity contribution in [2.24, 2.45) is 0 Å². The summed E-state index contributed by atoms with van der Waals surface area (Å²) in [6, 6.07) is 16.8. The average Bonchev–Trinajstić information content (AvgIpc) is 3.05. The number of phenolic OH excluding ortho intramolecular Hbond substituents is 1. The maximum Gasteiger partial charge on any atom is 0.228 e. The lowest BCUT2D eigenvalue weighted by atomic mass is 10.0. The number of nitrogens with one attached hydrogen (secondary N) is 1. The highest BCUT2D eigenvalue weighted by molar-refractivity contribution is 6.09. The number of halogens is 1. The van der Waals surface area contributed by atoms with E-state index in [2.05, 4.69) is 5.32 Å². The van der Waals surface area contributed by atoms with Gasteiger partial charge in [-0.2, -0.15) is 0 Å². The van der Waals surface area contributed by atoms with E-state index >= 15 is 0 Å². The Morgan fingerprint density at radius 2 is 1.85 bits per heavy atom. The van der Waals surface area contributed by atoms with E-state index in [9.17, 15) is 14.3 Å². The standard InChI is InChI=1S/C27H24FNO4/c1-16-22(11-17-7-10-25(30)26(12-17)33-3)21-9-8-18(28)13-24(21)23(16)15-27(31)29-19-5-4-6-20(14-19)32-2/h4-14,30H,15H2,1-3H3,(H,29,31)/b22-11-. The van der Waals surface area contributed by atoms with E-state index in [1.807, 2.05) is 13.0 Å². The van der Waals surface area contributed by atoms with Crippen LogP contribution < -0.4 is 14.8 Å². The molecule has 1 amide bonds. The van der Waals surface area contributed by atoms with Crippen LogP contribution in [0.15, 0.2) is 66.2 Å². The molecule has 4 rings (SSSR count). The smallest absolute Gasteiger partial charge is 0.228 e. The summed E-state index contributed by atoms with van der Waals surface area (Å²) in [5.74, 6) is 0.489. The topological polar surface area (TPSA) is 67.8 Å². The van der Waals surface area contributed by atoms with Gasteiger partial charge in [0.2, 0.25) is 5.91 Å². The van der Waals surface area contributed by atoms with E-state index < -0.39 is 0 Å². The minimum absolute atomic E-state index is 0.0516. The van der Waals surface area contributed by atoms with Crippen molar-refractivity contribution in [2.45, 2.75) is 13.3 Å². The quantitative estimate of drug-likeness (QED) is 0.495. The predicted octanol–water partition coefficient (Wildman–Crippen LogP) is 5.91. The second kappa shape index (κ2) is 9.20. The molecule has 3 aromatic carbocycles. The summed E-state index contributed by atoms with van der Waals surface area (Å²) >= 11 is 0. The summed E-state index contributed by atoms with van der Waals surface area (Å²) < 4.78 is 24.5. The van der Waals surface area contributed by atoms with Gasteiger partial charge < -0.3 is 19.9 Å². The second-order valence-electron chi connectivity index (χ2n) is 7.74. The third-order valence-corrected chi connectivity index (χ3v) is 5.66. The number of phenols is 1. The van der Waals surface area contributed by atoms with E-state index in [1.165, 1.54) is 19.2 Å². The number of ether oxygens (including phenoxy) is 2. The van der Waals surface area contributed by atoms with Crippen LogP contribution in [0, 0.1) is 5.82 Å². The molecule has 0 aliphatic heterocycles. The summed E-state index contributed by atoms with van der Waals surface area (Å²) in [6.45, 7) is 1.93. The van der Waals surface area contributed by atoms with Crippen molar-refractivity contribution in [1.29, 1.82) is 0 Å². The second-order valence-corrected chi connectivity index (χ2v) is 7.74. The minimum Gasteiger partial charge on any atom is -0.504 e. The van der Waals surface area contributed by atoms with Gasteiger partial charge in [-0.05, 0) is 82.8 Å². The SMILES string of the molecule is COc1cccc(NC(=O)CC2=C(C)/C(=C/c3ccc(O)c(OC)c3)c3ccc(F)cc32)c1. The Kier molecular flexibility index (Phi) is 6.18. The zero-order chi connectivity index (χ0) is 23.5. The predicted molar refractivity (Wildman–Crippen MR) is 128 cm³/mol. The fourth-order valence-electron chi connectivity index (χ4n) is 4.00. The molecule has 5 nitrogen and oxygen atoms in total. The normalized spacial score (nSPS) is 13.8. The molecule has 0 saturated carbocycles. The van der Waals surface area contributed by atoms with E-state index in [0.717, 1.165) is 27.8 Å². The molecule has 6 heteroatoms. The zero-order valence-corrected chi connectivity index (χ0v) is 18.6. The number of amides is 1. The number of methoxy groups -OCH3 is 2. The van der Waals surface area contributed by atoms with Gasteiger partial charge in [0.25, 0.3) is 0 Å². The molecule has 168 valence electrons. The van der Waals surface area contributed by atoms with Crippen LogP contribution in [-0.4, -0.2) is 25.2 Å². The lowest BCUT2D eigenvalue weighted by molar-refractivity contribution is -0.115. The van der Waals surface area contributed by atoms with Gasteiger partial charge in [-0.25, -0.2) is 4.39 Å². The van der Waals surface area contributed by atoms with E-state index in [4.69, 9.17) is 9.47 Å². The zero-order valence-electron chi connectivity index (χ0n) is 18.6. The molecule has 0 radical (unpaired) electrons. The Bertz CT molecular complexity index is 1290. The summed E-state index contributed by atoms with van der Waals surface area (Å²) in [5.41, 5.74) is 5.54. The van der Waals surface area contributed by atoms with Gasteiger partial charge in [-0.15, -0.1) is 0 Å². The summed E-state index contributed by atoms with van der Waals surface area (Å²) in [7, 11) is 3.06. The lowest BCUT2D eigenvalue weighted by Gasteiger charge is -2.09. The lowest BCUT2D eigenvalue weighted by Crippen LogP contribution is -2.12. The Hall–Kier alpha value is -4.06. The van der Waals surface area contributed by atoms with Crippen molar-refractivity contribution in [3.63, 3.8) is 0 Å². The van der Waals surface area contributed by atoms with Gasteiger partial charge in [-0.1, -0.05) is 18.2 Å². The van der Waals surface area contributed by atoms with Crippen LogP contribution >= 0.6 is 0 Å². The van der Waals surface area contributed by atoms with Crippen molar-refractivity contribution in [3.05, 3.63) is 88.7 Å². The number of benzene rings is 3. The number of aromatic hydroxyl groups is 1. The van der Waals surface area contributed by atoms with Crippen LogP contribution in [0.4, 0.5) is 10.1 Å². The molecule has 0 unspecified atom stereocenters. The number of rotatable bonds is 6. The van der Waals surface area contributed by atoms with Crippen molar-refractivity contribution < 1.29 is 23.8 Å². The van der Waals surface area contributed by atoms with Crippen molar-refractivity contribution in [1.82, 2.24) is 0 Å². The Morgan fingerprint density at radius 1 is 1.03 bits per heavy atom. The monoisotopic (exact) mass is 445 g/mol. The molecule has 0 bridgehead atoms. The summed E-state index contributed by atoms with van der Waals surface area (Å²) in [4.78, 5) is 12.9. The van der Waals surface area contributed by atoms with Crippen LogP contribution in [0.25, 0.3) is 17.2 Å². The largest absolute Gasteiger partial charge is 0.504 e. The number of fused-ring (bicyclic) bond motifs is 1.